The molecule has 4 aromatic rings. The largest absolute Gasteiger partial charge is 0.489 e. The molecule has 2 aromatic heterocycles. The number of carbonyl (C=O) groups excluding carboxylic acids is 2. The number of rotatable bonds is 9. The molecule has 0 radical (unpaired) electrons. The van der Waals surface area contributed by atoms with Crippen molar-refractivity contribution in [3.05, 3.63) is 82.4 Å². The number of nitrogens with zero attached hydrogens (tertiary/aromatic N) is 2. The molecule has 0 unspecified atom stereocenters. The molecule has 0 spiro atoms. The van der Waals surface area contributed by atoms with Crippen molar-refractivity contribution < 1.29 is 28.6 Å². The van der Waals surface area contributed by atoms with Gasteiger partial charge in [0.1, 0.15) is 46.1 Å². The van der Waals surface area contributed by atoms with Crippen LogP contribution in [0.3, 0.4) is 0 Å². The maximum absolute atomic E-state index is 13.8. The Balaban J connectivity index is 1.25. The van der Waals surface area contributed by atoms with Gasteiger partial charge < -0.3 is 25.6 Å². The van der Waals surface area contributed by atoms with Crippen molar-refractivity contribution in [3.63, 3.8) is 0 Å². The number of fused-ring (bicyclic) bond motifs is 2. The Morgan fingerprint density at radius 3 is 2.61 bits per heavy atom. The summed E-state index contributed by atoms with van der Waals surface area (Å²) in [4.78, 5) is 35.4. The van der Waals surface area contributed by atoms with E-state index in [9.17, 15) is 19.1 Å². The fourth-order valence-corrected chi connectivity index (χ4v) is 5.88. The molecule has 9 nitrogen and oxygen atoms in total. The summed E-state index contributed by atoms with van der Waals surface area (Å²) in [6, 6.07) is 12.5. The van der Waals surface area contributed by atoms with Gasteiger partial charge in [-0.3, -0.25) is 14.6 Å². The van der Waals surface area contributed by atoms with E-state index < -0.39 is 28.6 Å². The fraction of sp³-hybridized carbons (Fsp3) is 0.333. The topological polar surface area (TPSA) is 137 Å². The lowest BCUT2D eigenvalue weighted by molar-refractivity contribution is -0.123. The second-order valence-electron chi connectivity index (χ2n) is 12.1. The quantitative estimate of drug-likeness (QED) is 0.246. The molecule has 4 N–H and O–H groups in total. The molecule has 44 heavy (non-hydrogen) atoms. The van der Waals surface area contributed by atoms with Gasteiger partial charge in [0.2, 0.25) is 5.91 Å². The summed E-state index contributed by atoms with van der Waals surface area (Å²) in [6.07, 6.45) is 4.95. The molecule has 7 rings (SSSR count). The number of nitrogens with two attached hydrogens (primary N) is 1. The van der Waals surface area contributed by atoms with E-state index in [0.717, 1.165) is 25.7 Å². The van der Waals surface area contributed by atoms with Crippen molar-refractivity contribution in [3.8, 4) is 22.8 Å². The lowest BCUT2D eigenvalue weighted by Crippen LogP contribution is -2.44. The van der Waals surface area contributed by atoms with Crippen LogP contribution in [0, 0.1) is 11.7 Å². The molecule has 2 aromatic carbocycles. The van der Waals surface area contributed by atoms with E-state index in [1.807, 2.05) is 0 Å². The molecular weight excluding hydrogens is 587 g/mol. The van der Waals surface area contributed by atoms with Crippen molar-refractivity contribution in [2.24, 2.45) is 11.7 Å². The Kier molecular flexibility index (Phi) is 6.75. The number of amides is 2. The van der Waals surface area contributed by atoms with Gasteiger partial charge in [0.05, 0.1) is 23.4 Å². The number of benzene rings is 2. The highest BCUT2D eigenvalue weighted by atomic mass is 35.5. The van der Waals surface area contributed by atoms with Gasteiger partial charge in [0.25, 0.3) is 5.91 Å². The maximum Gasteiger partial charge on any atom is 0.251 e. The van der Waals surface area contributed by atoms with Crippen LogP contribution in [0.25, 0.3) is 22.2 Å². The van der Waals surface area contributed by atoms with Crippen LogP contribution < -0.4 is 20.5 Å². The molecule has 2 fully saturated rings. The number of hydrogen-bond donors (Lipinski definition) is 3. The number of primary amides is 1. The predicted octanol–water partition coefficient (Wildman–Crippen LogP) is 4.79. The minimum Gasteiger partial charge on any atom is -0.489 e. The molecule has 3 aliphatic rings. The Hall–Kier alpha value is -4.28. The molecule has 2 aliphatic carbocycles. The summed E-state index contributed by atoms with van der Waals surface area (Å²) in [5.74, 6) is -0.757. The van der Waals surface area contributed by atoms with Crippen molar-refractivity contribution in [1.82, 2.24) is 15.3 Å². The first kappa shape index (κ1) is 28.5. The summed E-state index contributed by atoms with van der Waals surface area (Å²) >= 11 is 6.20. The first-order valence-corrected chi connectivity index (χ1v) is 14.9. The predicted molar refractivity (Wildman–Crippen MR) is 161 cm³/mol. The smallest absolute Gasteiger partial charge is 0.251 e. The van der Waals surface area contributed by atoms with Crippen LogP contribution in [0.15, 0.2) is 54.7 Å². The van der Waals surface area contributed by atoms with Crippen LogP contribution in [0.5, 0.6) is 11.5 Å². The van der Waals surface area contributed by atoms with Crippen molar-refractivity contribution in [2.75, 3.05) is 13.2 Å². The van der Waals surface area contributed by atoms with Crippen molar-refractivity contribution >= 4 is 34.3 Å². The molecule has 2 saturated carbocycles. The van der Waals surface area contributed by atoms with Crippen LogP contribution in [-0.4, -0.2) is 46.1 Å². The molecule has 1 aliphatic heterocycles. The molecular formula is C33H30ClFN4O5. The van der Waals surface area contributed by atoms with Crippen LogP contribution in [0.4, 0.5) is 4.39 Å². The van der Waals surface area contributed by atoms with Gasteiger partial charge in [-0.2, -0.15) is 0 Å². The average molecular weight is 617 g/mol. The zero-order valence-electron chi connectivity index (χ0n) is 23.9. The number of halogens is 2. The second-order valence-corrected chi connectivity index (χ2v) is 12.6. The number of carbonyl (C=O) groups is 2. The van der Waals surface area contributed by atoms with E-state index >= 15 is 0 Å². The lowest BCUT2D eigenvalue weighted by atomic mass is 9.81. The summed E-state index contributed by atoms with van der Waals surface area (Å²) in [5, 5.41) is 16.2. The standard InChI is InChI=1S/C33H30ClFN4O5/c1-32(31(36)41)16-43-29-24(32)13-26(39-28(29)17-2-6-22(35)7-3-17)33(42,20-4-5-20)15-38-30(40)19-10-18-11-21(34)14-37-27(18)25(12-19)44-23-8-9-23/h2-3,6-7,10-14,20,23,42H,4-5,8-9,15-16H2,1H3,(H2,36,41)(H,38,40)/t32-,33+/m0/s1. The summed E-state index contributed by atoms with van der Waals surface area (Å²) in [6.45, 7) is 1.53. The normalized spacial score (nSPS) is 20.5. The van der Waals surface area contributed by atoms with Crippen LogP contribution >= 0.6 is 11.6 Å². The van der Waals surface area contributed by atoms with Gasteiger partial charge in [0, 0.05) is 28.3 Å². The lowest BCUT2D eigenvalue weighted by Gasteiger charge is -2.30. The highest BCUT2D eigenvalue weighted by Gasteiger charge is 2.50. The summed E-state index contributed by atoms with van der Waals surface area (Å²) in [5.41, 5.74) is 5.67. The molecule has 2 amide bonds. The SMILES string of the molecule is C[C@]1(C(N)=O)COc2c1cc([C@@](O)(CNC(=O)c1cc(OC3CC3)c3ncc(Cl)cc3c1)C1CC1)nc2-c1ccc(F)cc1. The number of nitrogens with one attached hydrogen (secondary N) is 1. The van der Waals surface area contributed by atoms with E-state index in [0.29, 0.717) is 49.8 Å². The minimum absolute atomic E-state index is 0.00167. The molecule has 11 heteroatoms. The van der Waals surface area contributed by atoms with Gasteiger partial charge >= 0.3 is 0 Å². The Morgan fingerprint density at radius 2 is 1.93 bits per heavy atom. The molecule has 3 heterocycles. The average Bonchev–Trinajstić information content (AvgIpc) is 3.94. The Bertz CT molecular complexity index is 1830. The zero-order valence-corrected chi connectivity index (χ0v) is 24.7. The van der Waals surface area contributed by atoms with Gasteiger partial charge in [-0.25, -0.2) is 9.37 Å². The van der Waals surface area contributed by atoms with Gasteiger partial charge in [-0.05, 0) is 87.1 Å². The van der Waals surface area contributed by atoms with Gasteiger partial charge in [-0.15, -0.1) is 0 Å². The van der Waals surface area contributed by atoms with Gasteiger partial charge in [0.15, 0.2) is 0 Å². The van der Waals surface area contributed by atoms with Crippen molar-refractivity contribution in [2.45, 2.75) is 49.7 Å². The van der Waals surface area contributed by atoms with E-state index in [1.165, 1.54) is 18.3 Å². The van der Waals surface area contributed by atoms with Crippen LogP contribution in [0.1, 0.15) is 54.2 Å². The molecule has 0 saturated heterocycles. The Morgan fingerprint density at radius 1 is 1.18 bits per heavy atom. The summed E-state index contributed by atoms with van der Waals surface area (Å²) < 4.78 is 25.8. The van der Waals surface area contributed by atoms with Gasteiger partial charge in [-0.1, -0.05) is 11.6 Å². The summed E-state index contributed by atoms with van der Waals surface area (Å²) in [7, 11) is 0. The van der Waals surface area contributed by atoms with Crippen LogP contribution in [-0.2, 0) is 15.8 Å². The number of hydrogen-bond acceptors (Lipinski definition) is 7. The van der Waals surface area contributed by atoms with E-state index in [4.69, 9.17) is 31.8 Å². The third-order valence-corrected chi connectivity index (χ3v) is 8.95. The second kappa shape index (κ2) is 10.4. The highest BCUT2D eigenvalue weighted by Crippen LogP contribution is 2.50. The molecule has 0 bridgehead atoms. The number of aromatic nitrogens is 2. The first-order valence-electron chi connectivity index (χ1n) is 14.6. The minimum atomic E-state index is -1.57. The van der Waals surface area contributed by atoms with Crippen LogP contribution in [0.2, 0.25) is 5.02 Å². The Labute approximate surface area is 257 Å². The number of pyridine rings is 2. The third kappa shape index (κ3) is 5.01. The highest BCUT2D eigenvalue weighted by molar-refractivity contribution is 6.31. The first-order chi connectivity index (χ1) is 21.0. The maximum atomic E-state index is 13.8. The van der Waals surface area contributed by atoms with E-state index in [-0.39, 0.29) is 30.9 Å². The fourth-order valence-electron chi connectivity index (χ4n) is 5.71. The molecule has 2 atom stereocenters. The van der Waals surface area contributed by atoms with Crippen molar-refractivity contribution in [1.29, 1.82) is 0 Å². The number of aliphatic hydroxyl groups is 1. The van der Waals surface area contributed by atoms with E-state index in [2.05, 4.69) is 10.3 Å². The third-order valence-electron chi connectivity index (χ3n) is 8.74. The monoisotopic (exact) mass is 616 g/mol. The molecule has 226 valence electrons. The zero-order chi connectivity index (χ0) is 30.8. The van der Waals surface area contributed by atoms with E-state index in [1.54, 1.807) is 43.3 Å². The number of ether oxygens (including phenoxy) is 2.